The van der Waals surface area contributed by atoms with Crippen LogP contribution >= 0.6 is 0 Å². The fraction of sp³-hybridized carbons (Fsp3) is 0.857. The minimum absolute atomic E-state index is 0.0412. The van der Waals surface area contributed by atoms with Gasteiger partial charge in [-0.1, -0.05) is 0 Å². The van der Waals surface area contributed by atoms with E-state index in [-0.39, 0.29) is 19.4 Å². The normalized spacial score (nSPS) is 30.1. The second-order valence-corrected chi connectivity index (χ2v) is 3.11. The van der Waals surface area contributed by atoms with Crippen LogP contribution in [0.3, 0.4) is 0 Å². The lowest BCUT2D eigenvalue weighted by atomic mass is 9.94. The van der Waals surface area contributed by atoms with Crippen molar-refractivity contribution in [3.05, 3.63) is 0 Å². The summed E-state index contributed by atoms with van der Waals surface area (Å²) in [6.07, 6.45) is -4.27. The molecule has 76 valence electrons. The van der Waals surface area contributed by atoms with E-state index >= 15 is 0 Å². The second-order valence-electron chi connectivity index (χ2n) is 3.11. The predicted octanol–water partition coefficient (Wildman–Crippen LogP) is 1.00. The average Bonchev–Trinajstić information content (AvgIpc) is 2.03. The Balaban J connectivity index is 2.44. The molecule has 0 radical (unpaired) electrons. The summed E-state index contributed by atoms with van der Waals surface area (Å²) in [5.41, 5.74) is 0. The third-order valence-electron chi connectivity index (χ3n) is 2.18. The Bertz CT molecular complexity index is 196. The van der Waals surface area contributed by atoms with Crippen LogP contribution in [0.1, 0.15) is 12.8 Å². The molecule has 0 unspecified atom stereocenters. The van der Waals surface area contributed by atoms with Crippen molar-refractivity contribution in [1.29, 1.82) is 0 Å². The maximum Gasteiger partial charge on any atom is 0.393 e. The number of rotatable bonds is 1. The molecule has 3 nitrogen and oxygen atoms in total. The van der Waals surface area contributed by atoms with Crippen LogP contribution in [0.25, 0.3) is 0 Å². The lowest BCUT2D eigenvalue weighted by Crippen LogP contribution is -2.47. The van der Waals surface area contributed by atoms with E-state index in [1.165, 1.54) is 0 Å². The van der Waals surface area contributed by atoms with Crippen LogP contribution in [0.2, 0.25) is 0 Å². The van der Waals surface area contributed by atoms with Gasteiger partial charge in [-0.15, -0.1) is 0 Å². The Morgan fingerprint density at radius 3 is 2.31 bits per heavy atom. The standard InChI is InChI=1S/C7H10F3NO2/c8-7(9,10)4-1-2-5(6(12)13)11-3-4/h4-5,11H,1-3H2,(H,12,13)/t4-,5+/m1/s1. The van der Waals surface area contributed by atoms with Crippen molar-refractivity contribution in [3.63, 3.8) is 0 Å². The molecule has 0 bridgehead atoms. The minimum atomic E-state index is -4.21. The van der Waals surface area contributed by atoms with Crippen LogP contribution in [0.4, 0.5) is 13.2 Å². The second kappa shape index (κ2) is 3.53. The lowest BCUT2D eigenvalue weighted by molar-refractivity contribution is -0.181. The van der Waals surface area contributed by atoms with Crippen LogP contribution in [-0.2, 0) is 4.79 Å². The van der Waals surface area contributed by atoms with E-state index in [4.69, 9.17) is 5.11 Å². The Kier molecular flexibility index (Phi) is 2.80. The molecule has 0 amide bonds. The number of carboxylic acids is 1. The van der Waals surface area contributed by atoms with Crippen molar-refractivity contribution in [1.82, 2.24) is 5.32 Å². The van der Waals surface area contributed by atoms with Gasteiger partial charge in [-0.25, -0.2) is 0 Å². The molecule has 1 fully saturated rings. The number of hydrogen-bond donors (Lipinski definition) is 2. The van der Waals surface area contributed by atoms with E-state index in [1.807, 2.05) is 0 Å². The fourth-order valence-electron chi connectivity index (χ4n) is 1.35. The largest absolute Gasteiger partial charge is 0.480 e. The van der Waals surface area contributed by atoms with Crippen LogP contribution in [0.5, 0.6) is 0 Å². The molecule has 0 spiro atoms. The van der Waals surface area contributed by atoms with Gasteiger partial charge in [0.05, 0.1) is 5.92 Å². The molecule has 0 aromatic carbocycles. The maximum absolute atomic E-state index is 12.1. The van der Waals surface area contributed by atoms with Gasteiger partial charge in [0.2, 0.25) is 0 Å². The van der Waals surface area contributed by atoms with Crippen LogP contribution in [0, 0.1) is 5.92 Å². The van der Waals surface area contributed by atoms with E-state index < -0.39 is 24.1 Å². The van der Waals surface area contributed by atoms with Crippen molar-refractivity contribution in [2.24, 2.45) is 5.92 Å². The minimum Gasteiger partial charge on any atom is -0.480 e. The smallest absolute Gasteiger partial charge is 0.393 e. The molecule has 0 aromatic rings. The van der Waals surface area contributed by atoms with Crippen LogP contribution in [0.15, 0.2) is 0 Å². The quantitative estimate of drug-likeness (QED) is 0.659. The Labute approximate surface area is 72.9 Å². The molecule has 6 heteroatoms. The molecule has 2 atom stereocenters. The van der Waals surface area contributed by atoms with E-state index in [0.29, 0.717) is 0 Å². The van der Waals surface area contributed by atoms with Gasteiger partial charge in [0.25, 0.3) is 0 Å². The van der Waals surface area contributed by atoms with Crippen molar-refractivity contribution in [2.75, 3.05) is 6.54 Å². The van der Waals surface area contributed by atoms with E-state index in [0.717, 1.165) is 0 Å². The first-order valence-corrected chi connectivity index (χ1v) is 3.94. The molecule has 13 heavy (non-hydrogen) atoms. The van der Waals surface area contributed by atoms with Crippen molar-refractivity contribution in [3.8, 4) is 0 Å². The van der Waals surface area contributed by atoms with E-state index in [9.17, 15) is 18.0 Å². The first-order chi connectivity index (χ1) is 5.91. The highest BCUT2D eigenvalue weighted by Gasteiger charge is 2.42. The van der Waals surface area contributed by atoms with Gasteiger partial charge in [-0.2, -0.15) is 13.2 Å². The Morgan fingerprint density at radius 2 is 2.00 bits per heavy atom. The summed E-state index contributed by atoms with van der Waals surface area (Å²) in [6, 6.07) is -0.821. The molecule has 1 aliphatic rings. The van der Waals surface area contributed by atoms with E-state index in [1.54, 1.807) is 0 Å². The number of carboxylic acid groups (broad SMARTS) is 1. The summed E-state index contributed by atoms with van der Waals surface area (Å²) in [4.78, 5) is 10.4. The van der Waals surface area contributed by atoms with Gasteiger partial charge >= 0.3 is 12.1 Å². The monoisotopic (exact) mass is 197 g/mol. The zero-order valence-corrected chi connectivity index (χ0v) is 6.77. The number of nitrogens with one attached hydrogen (secondary N) is 1. The molecule has 0 saturated carbocycles. The molecular weight excluding hydrogens is 187 g/mol. The Hall–Kier alpha value is -0.780. The van der Waals surface area contributed by atoms with Gasteiger partial charge in [0, 0.05) is 6.54 Å². The molecule has 1 rings (SSSR count). The highest BCUT2D eigenvalue weighted by Crippen LogP contribution is 2.31. The molecule has 0 aliphatic carbocycles. The summed E-state index contributed by atoms with van der Waals surface area (Å²) >= 11 is 0. The van der Waals surface area contributed by atoms with Gasteiger partial charge < -0.3 is 10.4 Å². The highest BCUT2D eigenvalue weighted by atomic mass is 19.4. The number of alkyl halides is 3. The molecule has 1 heterocycles. The number of piperidine rings is 1. The average molecular weight is 197 g/mol. The first-order valence-electron chi connectivity index (χ1n) is 3.94. The summed E-state index contributed by atoms with van der Waals surface area (Å²) in [6.45, 7) is -0.291. The Morgan fingerprint density at radius 1 is 1.38 bits per heavy atom. The SMILES string of the molecule is O=C(O)[C@@H]1CC[C@@H](C(F)(F)F)CN1. The molecule has 0 aromatic heterocycles. The van der Waals surface area contributed by atoms with Crippen molar-refractivity contribution in [2.45, 2.75) is 25.1 Å². The fourth-order valence-corrected chi connectivity index (χ4v) is 1.35. The predicted molar refractivity (Wildman–Crippen MR) is 38.2 cm³/mol. The van der Waals surface area contributed by atoms with Gasteiger partial charge in [0.1, 0.15) is 6.04 Å². The van der Waals surface area contributed by atoms with Crippen molar-refractivity contribution < 1.29 is 23.1 Å². The summed E-state index contributed by atoms with van der Waals surface area (Å²) in [7, 11) is 0. The van der Waals surface area contributed by atoms with Crippen LogP contribution < -0.4 is 5.32 Å². The topological polar surface area (TPSA) is 49.3 Å². The van der Waals surface area contributed by atoms with Gasteiger partial charge in [-0.3, -0.25) is 4.79 Å². The number of halogens is 3. The number of aliphatic carboxylic acids is 1. The van der Waals surface area contributed by atoms with Crippen LogP contribution in [-0.4, -0.2) is 29.8 Å². The lowest BCUT2D eigenvalue weighted by Gasteiger charge is -2.28. The zero-order chi connectivity index (χ0) is 10.1. The third kappa shape index (κ3) is 2.58. The highest BCUT2D eigenvalue weighted by molar-refractivity contribution is 5.73. The van der Waals surface area contributed by atoms with Crippen molar-refractivity contribution >= 4 is 5.97 Å². The van der Waals surface area contributed by atoms with Gasteiger partial charge in [0.15, 0.2) is 0 Å². The summed E-state index contributed by atoms with van der Waals surface area (Å²) in [5, 5.41) is 10.8. The van der Waals surface area contributed by atoms with Gasteiger partial charge in [-0.05, 0) is 12.8 Å². The maximum atomic E-state index is 12.1. The van der Waals surface area contributed by atoms with E-state index in [2.05, 4.69) is 5.32 Å². The third-order valence-corrected chi connectivity index (χ3v) is 2.18. The summed E-state index contributed by atoms with van der Waals surface area (Å²) in [5.74, 6) is -2.48. The zero-order valence-electron chi connectivity index (χ0n) is 6.77. The summed E-state index contributed by atoms with van der Waals surface area (Å²) < 4.78 is 36.2. The molecule has 2 N–H and O–H groups in total. The number of carbonyl (C=O) groups is 1. The molecule has 1 saturated heterocycles. The first kappa shape index (κ1) is 10.3. The molecular formula is C7H10F3NO2. The molecule has 1 aliphatic heterocycles. The number of hydrogen-bond acceptors (Lipinski definition) is 2.